The van der Waals surface area contributed by atoms with Gasteiger partial charge in [-0.15, -0.1) is 0 Å². The molecule has 0 heterocycles. The molecular formula is C17H25NO. The number of aryl methyl sites for hydroxylation is 2. The second-order valence-corrected chi connectivity index (χ2v) is 6.24. The average Bonchev–Trinajstić information content (AvgIpc) is 3.07. The summed E-state index contributed by atoms with van der Waals surface area (Å²) in [5.41, 5.74) is 10.9. The van der Waals surface area contributed by atoms with E-state index in [2.05, 4.69) is 18.2 Å². The minimum Gasteiger partial charge on any atom is -0.377 e. The molecule has 0 amide bonds. The number of nitrogens with two attached hydrogens (primary N) is 1. The lowest BCUT2D eigenvalue weighted by molar-refractivity contribution is -0.0253. The van der Waals surface area contributed by atoms with Crippen LogP contribution in [-0.2, 0) is 24.0 Å². The van der Waals surface area contributed by atoms with E-state index in [-0.39, 0.29) is 11.6 Å². The third-order valence-electron chi connectivity index (χ3n) is 5.15. The van der Waals surface area contributed by atoms with Gasteiger partial charge in [-0.3, -0.25) is 0 Å². The standard InChI is InChI=1S/C17H25NO/c1-19-17(9-2-3-10-17)16(18)12-13-7-8-14-5-4-6-15(14)11-13/h7-8,11,16H,2-6,9-10,12,18H2,1H3. The van der Waals surface area contributed by atoms with E-state index >= 15 is 0 Å². The van der Waals surface area contributed by atoms with Crippen molar-refractivity contribution in [1.82, 2.24) is 0 Å². The normalized spacial score (nSPS) is 22.4. The number of hydrogen-bond donors (Lipinski definition) is 1. The van der Waals surface area contributed by atoms with Gasteiger partial charge in [0.1, 0.15) is 0 Å². The largest absolute Gasteiger partial charge is 0.377 e. The van der Waals surface area contributed by atoms with Crippen molar-refractivity contribution in [2.24, 2.45) is 5.73 Å². The molecule has 2 nitrogen and oxygen atoms in total. The summed E-state index contributed by atoms with van der Waals surface area (Å²) in [5.74, 6) is 0. The summed E-state index contributed by atoms with van der Waals surface area (Å²) in [5, 5.41) is 0. The first-order chi connectivity index (χ1) is 9.23. The Morgan fingerprint density at radius 2 is 1.89 bits per heavy atom. The van der Waals surface area contributed by atoms with Crippen molar-refractivity contribution in [3.05, 3.63) is 34.9 Å². The molecule has 0 aliphatic heterocycles. The molecule has 0 radical (unpaired) electrons. The van der Waals surface area contributed by atoms with Crippen molar-refractivity contribution in [3.8, 4) is 0 Å². The van der Waals surface area contributed by atoms with Crippen LogP contribution >= 0.6 is 0 Å². The molecule has 2 aliphatic rings. The van der Waals surface area contributed by atoms with E-state index in [4.69, 9.17) is 10.5 Å². The highest BCUT2D eigenvalue weighted by Gasteiger charge is 2.39. The summed E-state index contributed by atoms with van der Waals surface area (Å²) in [6.45, 7) is 0. The SMILES string of the molecule is COC1(C(N)Cc2ccc3c(c2)CCC3)CCCC1. The molecule has 1 atom stereocenters. The molecule has 1 saturated carbocycles. The summed E-state index contributed by atoms with van der Waals surface area (Å²) in [4.78, 5) is 0. The van der Waals surface area contributed by atoms with E-state index < -0.39 is 0 Å². The molecule has 2 N–H and O–H groups in total. The van der Waals surface area contributed by atoms with E-state index in [9.17, 15) is 0 Å². The van der Waals surface area contributed by atoms with Crippen LogP contribution < -0.4 is 5.73 Å². The fourth-order valence-corrected chi connectivity index (χ4v) is 3.89. The maximum Gasteiger partial charge on any atom is 0.0832 e. The van der Waals surface area contributed by atoms with E-state index in [1.54, 1.807) is 11.1 Å². The zero-order valence-electron chi connectivity index (χ0n) is 12.0. The quantitative estimate of drug-likeness (QED) is 0.902. The smallest absolute Gasteiger partial charge is 0.0832 e. The third kappa shape index (κ3) is 2.44. The summed E-state index contributed by atoms with van der Waals surface area (Å²) in [7, 11) is 1.83. The van der Waals surface area contributed by atoms with Crippen LogP contribution in [0.25, 0.3) is 0 Å². The second-order valence-electron chi connectivity index (χ2n) is 6.24. The molecule has 0 saturated heterocycles. The van der Waals surface area contributed by atoms with Gasteiger partial charge in [0.25, 0.3) is 0 Å². The Bertz CT molecular complexity index is 449. The van der Waals surface area contributed by atoms with Gasteiger partial charge < -0.3 is 10.5 Å². The summed E-state index contributed by atoms with van der Waals surface area (Å²) >= 11 is 0. The average molecular weight is 259 g/mol. The summed E-state index contributed by atoms with van der Waals surface area (Å²) < 4.78 is 5.80. The first kappa shape index (κ1) is 13.1. The number of rotatable bonds is 4. The summed E-state index contributed by atoms with van der Waals surface area (Å²) in [6, 6.07) is 7.07. The zero-order valence-corrected chi connectivity index (χ0v) is 12.0. The molecule has 2 heteroatoms. The molecule has 0 aromatic heterocycles. The van der Waals surface area contributed by atoms with E-state index in [1.165, 1.54) is 37.7 Å². The van der Waals surface area contributed by atoms with Crippen molar-refractivity contribution in [1.29, 1.82) is 0 Å². The van der Waals surface area contributed by atoms with Crippen molar-refractivity contribution < 1.29 is 4.74 Å². The highest BCUT2D eigenvalue weighted by atomic mass is 16.5. The van der Waals surface area contributed by atoms with Crippen LogP contribution in [0.2, 0.25) is 0 Å². The molecule has 19 heavy (non-hydrogen) atoms. The predicted molar refractivity (Wildman–Crippen MR) is 78.4 cm³/mol. The van der Waals surface area contributed by atoms with Crippen molar-refractivity contribution in [3.63, 3.8) is 0 Å². The van der Waals surface area contributed by atoms with Gasteiger partial charge in [0.2, 0.25) is 0 Å². The molecule has 1 aromatic carbocycles. The van der Waals surface area contributed by atoms with Gasteiger partial charge in [0, 0.05) is 13.2 Å². The Morgan fingerprint density at radius 3 is 2.63 bits per heavy atom. The number of methoxy groups -OCH3 is 1. The van der Waals surface area contributed by atoms with Gasteiger partial charge in [-0.2, -0.15) is 0 Å². The fourth-order valence-electron chi connectivity index (χ4n) is 3.89. The Balaban J connectivity index is 1.74. The van der Waals surface area contributed by atoms with E-state index in [0.717, 1.165) is 19.3 Å². The highest BCUT2D eigenvalue weighted by molar-refractivity contribution is 5.35. The second kappa shape index (κ2) is 5.26. The van der Waals surface area contributed by atoms with Crippen LogP contribution in [0.4, 0.5) is 0 Å². The number of ether oxygens (including phenoxy) is 1. The molecule has 1 aromatic rings. The van der Waals surface area contributed by atoms with Crippen LogP contribution in [0.5, 0.6) is 0 Å². The lowest BCUT2D eigenvalue weighted by Crippen LogP contribution is -2.48. The Morgan fingerprint density at radius 1 is 1.16 bits per heavy atom. The van der Waals surface area contributed by atoms with Crippen LogP contribution in [0, 0.1) is 0 Å². The molecule has 2 aliphatic carbocycles. The highest BCUT2D eigenvalue weighted by Crippen LogP contribution is 2.36. The molecular weight excluding hydrogens is 234 g/mol. The van der Waals surface area contributed by atoms with Crippen molar-refractivity contribution >= 4 is 0 Å². The predicted octanol–water partition coefficient (Wildman–Crippen LogP) is 3.00. The summed E-state index contributed by atoms with van der Waals surface area (Å²) in [6.07, 6.45) is 9.51. The number of fused-ring (bicyclic) bond motifs is 1. The van der Waals surface area contributed by atoms with Crippen molar-refractivity contribution in [2.75, 3.05) is 7.11 Å². The van der Waals surface area contributed by atoms with Crippen LogP contribution in [0.15, 0.2) is 18.2 Å². The van der Waals surface area contributed by atoms with Gasteiger partial charge in [-0.05, 0) is 55.2 Å². The van der Waals surface area contributed by atoms with Gasteiger partial charge in [0.15, 0.2) is 0 Å². The fraction of sp³-hybridized carbons (Fsp3) is 0.647. The molecule has 3 rings (SSSR count). The first-order valence-corrected chi connectivity index (χ1v) is 7.65. The number of benzene rings is 1. The van der Waals surface area contributed by atoms with Gasteiger partial charge in [-0.25, -0.2) is 0 Å². The molecule has 0 bridgehead atoms. The maximum atomic E-state index is 6.48. The van der Waals surface area contributed by atoms with Crippen molar-refractivity contribution in [2.45, 2.75) is 63.0 Å². The Kier molecular flexibility index (Phi) is 3.64. The lowest BCUT2D eigenvalue weighted by Gasteiger charge is -2.34. The maximum absolute atomic E-state index is 6.48. The Labute approximate surface area is 116 Å². The van der Waals surface area contributed by atoms with Crippen LogP contribution in [0.1, 0.15) is 48.8 Å². The van der Waals surface area contributed by atoms with Gasteiger partial charge >= 0.3 is 0 Å². The molecule has 1 fully saturated rings. The zero-order chi connectivity index (χ0) is 13.3. The van der Waals surface area contributed by atoms with Crippen LogP contribution in [-0.4, -0.2) is 18.8 Å². The minimum atomic E-state index is -0.0704. The lowest BCUT2D eigenvalue weighted by atomic mass is 9.87. The molecule has 1 unspecified atom stereocenters. The van der Waals surface area contributed by atoms with E-state index in [0.29, 0.717) is 0 Å². The van der Waals surface area contributed by atoms with E-state index in [1.807, 2.05) is 7.11 Å². The molecule has 0 spiro atoms. The van der Waals surface area contributed by atoms with Crippen LogP contribution in [0.3, 0.4) is 0 Å². The van der Waals surface area contributed by atoms with Gasteiger partial charge in [0.05, 0.1) is 5.60 Å². The third-order valence-corrected chi connectivity index (χ3v) is 5.15. The van der Waals surface area contributed by atoms with Gasteiger partial charge in [-0.1, -0.05) is 31.0 Å². The first-order valence-electron chi connectivity index (χ1n) is 7.65. The Hall–Kier alpha value is -0.860. The monoisotopic (exact) mass is 259 g/mol. The number of hydrogen-bond acceptors (Lipinski definition) is 2. The minimum absolute atomic E-state index is 0.0704. The molecule has 104 valence electrons. The topological polar surface area (TPSA) is 35.2 Å².